The fourth-order valence-corrected chi connectivity index (χ4v) is 0.875. The van der Waals surface area contributed by atoms with Crippen molar-refractivity contribution in [3.05, 3.63) is 45.8 Å². The summed E-state index contributed by atoms with van der Waals surface area (Å²) < 4.78 is 1.09. The highest BCUT2D eigenvalue weighted by atomic mass is 16.2. The number of nitrogens with zero attached hydrogens (tertiary/aromatic N) is 2. The molecule has 0 aromatic carbocycles. The van der Waals surface area contributed by atoms with Gasteiger partial charge >= 0.3 is 5.69 Å². The van der Waals surface area contributed by atoms with Gasteiger partial charge in [0.05, 0.1) is 6.07 Å². The topological polar surface area (TPSA) is 78.7 Å². The average Bonchev–Trinajstić information content (AvgIpc) is 2.10. The first kappa shape index (κ1) is 9.00. The highest BCUT2D eigenvalue weighted by Crippen LogP contribution is 1.99. The molecule has 5 heteroatoms. The highest BCUT2D eigenvalue weighted by molar-refractivity contribution is 5.03. The van der Waals surface area contributed by atoms with Crippen molar-refractivity contribution in [2.75, 3.05) is 0 Å². The van der Waals surface area contributed by atoms with Crippen LogP contribution in [-0.4, -0.2) is 9.55 Å². The van der Waals surface area contributed by atoms with E-state index in [4.69, 9.17) is 5.26 Å². The van der Waals surface area contributed by atoms with E-state index < -0.39 is 17.3 Å². The van der Waals surface area contributed by atoms with Gasteiger partial charge in [-0.2, -0.15) is 5.26 Å². The Labute approximate surface area is 73.6 Å². The van der Waals surface area contributed by atoms with E-state index in [1.54, 1.807) is 0 Å². The van der Waals surface area contributed by atoms with Crippen LogP contribution in [-0.2, 0) is 0 Å². The quantitative estimate of drug-likeness (QED) is 0.634. The Balaban J connectivity index is 3.32. The molecule has 0 amide bonds. The van der Waals surface area contributed by atoms with Crippen LogP contribution in [0.25, 0.3) is 0 Å². The Kier molecular flexibility index (Phi) is 2.45. The van der Waals surface area contributed by atoms with Gasteiger partial charge in [0.1, 0.15) is 6.04 Å². The molecular formula is C8H7N3O2. The van der Waals surface area contributed by atoms with E-state index in [1.807, 2.05) is 11.1 Å². The summed E-state index contributed by atoms with van der Waals surface area (Å²) in [5, 5.41) is 8.60. The third-order valence-corrected chi connectivity index (χ3v) is 1.51. The maximum absolute atomic E-state index is 11.1. The second-order valence-corrected chi connectivity index (χ2v) is 2.33. The number of allylic oxidation sites excluding steroid dienone is 1. The smallest absolute Gasteiger partial charge is 0.281 e. The van der Waals surface area contributed by atoms with Crippen molar-refractivity contribution in [1.29, 1.82) is 5.26 Å². The Morgan fingerprint density at radius 3 is 2.85 bits per heavy atom. The number of aromatic amines is 1. The second kappa shape index (κ2) is 3.54. The summed E-state index contributed by atoms with van der Waals surface area (Å²) in [6, 6.07) is 2.28. The van der Waals surface area contributed by atoms with Gasteiger partial charge in [0, 0.05) is 12.3 Å². The fraction of sp³-hybridized carbons (Fsp3) is 0.125. The lowest BCUT2D eigenvalue weighted by Gasteiger charge is -2.05. The zero-order chi connectivity index (χ0) is 9.84. The average molecular weight is 177 g/mol. The van der Waals surface area contributed by atoms with E-state index in [9.17, 15) is 9.59 Å². The number of hydrogen-bond acceptors (Lipinski definition) is 3. The van der Waals surface area contributed by atoms with E-state index in [-0.39, 0.29) is 0 Å². The van der Waals surface area contributed by atoms with Gasteiger partial charge in [-0.05, 0) is 0 Å². The Morgan fingerprint density at radius 2 is 2.38 bits per heavy atom. The summed E-state index contributed by atoms with van der Waals surface area (Å²) in [6.07, 6.45) is 2.58. The summed E-state index contributed by atoms with van der Waals surface area (Å²) in [5.74, 6) is 0. The number of aromatic nitrogens is 2. The van der Waals surface area contributed by atoms with E-state index in [0.717, 1.165) is 4.57 Å². The molecule has 0 aliphatic carbocycles. The lowest BCUT2D eigenvalue weighted by atomic mass is 10.3. The molecule has 0 bridgehead atoms. The summed E-state index contributed by atoms with van der Waals surface area (Å²) in [5.41, 5.74) is -1.10. The molecule has 1 heterocycles. The normalized spacial score (nSPS) is 11.6. The van der Waals surface area contributed by atoms with Crippen LogP contribution in [0, 0.1) is 11.3 Å². The van der Waals surface area contributed by atoms with E-state index in [2.05, 4.69) is 6.58 Å². The van der Waals surface area contributed by atoms with Crippen LogP contribution in [0.5, 0.6) is 0 Å². The van der Waals surface area contributed by atoms with E-state index in [1.165, 1.54) is 18.3 Å². The second-order valence-electron chi connectivity index (χ2n) is 2.33. The Hall–Kier alpha value is -2.09. The van der Waals surface area contributed by atoms with Crippen molar-refractivity contribution in [1.82, 2.24) is 9.55 Å². The van der Waals surface area contributed by atoms with Gasteiger partial charge in [-0.15, -0.1) is 0 Å². The number of nitrogens with one attached hydrogen (secondary N) is 1. The molecule has 1 aromatic rings. The van der Waals surface area contributed by atoms with Crippen molar-refractivity contribution in [2.24, 2.45) is 0 Å². The zero-order valence-electron chi connectivity index (χ0n) is 6.73. The van der Waals surface area contributed by atoms with E-state index in [0.29, 0.717) is 0 Å². The predicted molar refractivity (Wildman–Crippen MR) is 46.2 cm³/mol. The zero-order valence-corrected chi connectivity index (χ0v) is 6.73. The standard InChI is InChI=1S/C8H7N3O2/c1-2-6(5-9)11-4-3-7(12)10-8(11)13/h2-4,6H,1H2,(H,10,12,13). The highest BCUT2D eigenvalue weighted by Gasteiger charge is 2.05. The molecular weight excluding hydrogens is 170 g/mol. The number of rotatable bonds is 2. The predicted octanol–water partition coefficient (Wildman–Crippen LogP) is -0.213. The summed E-state index contributed by atoms with van der Waals surface area (Å²) in [6.45, 7) is 3.40. The van der Waals surface area contributed by atoms with Gasteiger partial charge in [0.15, 0.2) is 0 Å². The maximum atomic E-state index is 11.1. The molecule has 5 nitrogen and oxygen atoms in total. The van der Waals surface area contributed by atoms with Crippen LogP contribution in [0.4, 0.5) is 0 Å². The fourth-order valence-electron chi connectivity index (χ4n) is 0.875. The molecule has 0 aliphatic rings. The Bertz CT molecular complexity index is 463. The van der Waals surface area contributed by atoms with Crippen LogP contribution in [0.15, 0.2) is 34.5 Å². The summed E-state index contributed by atoms with van der Waals surface area (Å²) in [7, 11) is 0. The van der Waals surface area contributed by atoms with Crippen LogP contribution < -0.4 is 11.2 Å². The number of hydrogen-bond donors (Lipinski definition) is 1. The molecule has 1 atom stereocenters. The van der Waals surface area contributed by atoms with Crippen LogP contribution in [0.2, 0.25) is 0 Å². The molecule has 0 spiro atoms. The molecule has 13 heavy (non-hydrogen) atoms. The third kappa shape index (κ3) is 1.73. The third-order valence-electron chi connectivity index (χ3n) is 1.51. The first-order valence-corrected chi connectivity index (χ1v) is 3.52. The first-order chi connectivity index (χ1) is 6.19. The monoisotopic (exact) mass is 177 g/mol. The lowest BCUT2D eigenvalue weighted by Crippen LogP contribution is -2.30. The maximum Gasteiger partial charge on any atom is 0.329 e. The minimum atomic E-state index is -0.746. The van der Waals surface area contributed by atoms with Crippen LogP contribution in [0.3, 0.4) is 0 Å². The van der Waals surface area contributed by atoms with Crippen molar-refractivity contribution in [2.45, 2.75) is 6.04 Å². The molecule has 1 unspecified atom stereocenters. The SMILES string of the molecule is C=CC(C#N)n1ccc(=O)[nH]c1=O. The van der Waals surface area contributed by atoms with Gasteiger partial charge in [-0.3, -0.25) is 14.3 Å². The molecule has 66 valence electrons. The molecule has 0 aliphatic heterocycles. The lowest BCUT2D eigenvalue weighted by molar-refractivity contribution is 0.672. The molecule has 1 N–H and O–H groups in total. The molecule has 0 saturated heterocycles. The summed E-state index contributed by atoms with van der Waals surface area (Å²) in [4.78, 5) is 23.8. The van der Waals surface area contributed by atoms with Crippen LogP contribution >= 0.6 is 0 Å². The minimum absolute atomic E-state index is 0.484. The van der Waals surface area contributed by atoms with Gasteiger partial charge in [0.25, 0.3) is 5.56 Å². The molecule has 0 fully saturated rings. The van der Waals surface area contributed by atoms with Gasteiger partial charge in [-0.25, -0.2) is 4.79 Å². The number of H-pyrrole nitrogens is 1. The van der Waals surface area contributed by atoms with Crippen molar-refractivity contribution in [3.63, 3.8) is 0 Å². The van der Waals surface area contributed by atoms with Gasteiger partial charge in [-0.1, -0.05) is 12.7 Å². The summed E-state index contributed by atoms with van der Waals surface area (Å²) >= 11 is 0. The van der Waals surface area contributed by atoms with Crippen molar-refractivity contribution < 1.29 is 0 Å². The van der Waals surface area contributed by atoms with Crippen LogP contribution in [0.1, 0.15) is 6.04 Å². The van der Waals surface area contributed by atoms with Crippen molar-refractivity contribution >= 4 is 0 Å². The molecule has 1 aromatic heterocycles. The number of nitriles is 1. The largest absolute Gasteiger partial charge is 0.329 e. The molecule has 0 radical (unpaired) electrons. The van der Waals surface area contributed by atoms with E-state index >= 15 is 0 Å². The van der Waals surface area contributed by atoms with Gasteiger partial charge in [0.2, 0.25) is 0 Å². The Morgan fingerprint density at radius 1 is 1.69 bits per heavy atom. The molecule has 1 rings (SSSR count). The first-order valence-electron chi connectivity index (χ1n) is 3.52. The van der Waals surface area contributed by atoms with Crippen molar-refractivity contribution in [3.8, 4) is 6.07 Å². The van der Waals surface area contributed by atoms with Gasteiger partial charge < -0.3 is 0 Å². The molecule has 0 saturated carbocycles. The minimum Gasteiger partial charge on any atom is -0.281 e.